The topological polar surface area (TPSA) is 66.0 Å². The lowest BCUT2D eigenvalue weighted by molar-refractivity contribution is -0.123. The van der Waals surface area contributed by atoms with Crippen LogP contribution in [0.15, 0.2) is 23.2 Å². The number of aliphatic imine (C=N–C) groups is 1. The Hall–Kier alpha value is -2.24. The quantitative estimate of drug-likeness (QED) is 0.402. The number of hydrogen-bond acceptors (Lipinski definition) is 3. The summed E-state index contributed by atoms with van der Waals surface area (Å²) >= 11 is 0. The van der Waals surface area contributed by atoms with Gasteiger partial charge in [-0.15, -0.1) is 0 Å². The van der Waals surface area contributed by atoms with E-state index in [1.54, 1.807) is 0 Å². The van der Waals surface area contributed by atoms with Crippen LogP contribution in [0.5, 0.6) is 5.75 Å². The fourth-order valence-corrected chi connectivity index (χ4v) is 2.44. The SMILES string of the molecule is CCNC(=NCCNC(=O)C(C)C)N(C)CCOc1cc(C)cc(C)c1. The minimum absolute atomic E-state index is 0.00250. The van der Waals surface area contributed by atoms with Gasteiger partial charge >= 0.3 is 0 Å². The first-order chi connectivity index (χ1) is 12.3. The van der Waals surface area contributed by atoms with Gasteiger partial charge in [-0.1, -0.05) is 19.9 Å². The van der Waals surface area contributed by atoms with Crippen LogP contribution >= 0.6 is 0 Å². The second-order valence-electron chi connectivity index (χ2n) is 6.77. The largest absolute Gasteiger partial charge is 0.492 e. The first-order valence-corrected chi connectivity index (χ1v) is 9.31. The Labute approximate surface area is 158 Å². The monoisotopic (exact) mass is 362 g/mol. The van der Waals surface area contributed by atoms with Crippen molar-refractivity contribution in [3.8, 4) is 5.75 Å². The van der Waals surface area contributed by atoms with E-state index < -0.39 is 0 Å². The van der Waals surface area contributed by atoms with E-state index in [0.29, 0.717) is 19.7 Å². The molecule has 0 fully saturated rings. The maximum absolute atomic E-state index is 11.6. The minimum Gasteiger partial charge on any atom is -0.492 e. The average Bonchev–Trinajstić information content (AvgIpc) is 2.56. The number of likely N-dealkylation sites (N-methyl/N-ethyl adjacent to an activating group) is 1. The van der Waals surface area contributed by atoms with E-state index >= 15 is 0 Å². The Kier molecular flexibility index (Phi) is 9.55. The summed E-state index contributed by atoms with van der Waals surface area (Å²) in [5.74, 6) is 1.77. The average molecular weight is 363 g/mol. The number of aryl methyl sites for hydroxylation is 2. The molecule has 0 aliphatic heterocycles. The van der Waals surface area contributed by atoms with Crippen molar-refractivity contribution in [2.75, 3.05) is 39.8 Å². The van der Waals surface area contributed by atoms with E-state index in [9.17, 15) is 4.79 Å². The molecule has 1 rings (SSSR count). The summed E-state index contributed by atoms with van der Waals surface area (Å²) in [5, 5.41) is 6.14. The normalized spacial score (nSPS) is 11.4. The van der Waals surface area contributed by atoms with E-state index in [0.717, 1.165) is 24.8 Å². The van der Waals surface area contributed by atoms with Crippen LogP contribution in [0.2, 0.25) is 0 Å². The molecular weight excluding hydrogens is 328 g/mol. The van der Waals surface area contributed by atoms with Crippen molar-refractivity contribution in [3.63, 3.8) is 0 Å². The van der Waals surface area contributed by atoms with Gasteiger partial charge in [0.25, 0.3) is 0 Å². The Balaban J connectivity index is 2.47. The molecule has 6 nitrogen and oxygen atoms in total. The second-order valence-corrected chi connectivity index (χ2v) is 6.77. The highest BCUT2D eigenvalue weighted by Crippen LogP contribution is 2.15. The van der Waals surface area contributed by atoms with E-state index in [2.05, 4.69) is 35.5 Å². The van der Waals surface area contributed by atoms with Crippen LogP contribution < -0.4 is 15.4 Å². The van der Waals surface area contributed by atoms with Gasteiger partial charge in [-0.25, -0.2) is 0 Å². The van der Waals surface area contributed by atoms with Gasteiger partial charge in [0.15, 0.2) is 5.96 Å². The predicted octanol–water partition coefficient (Wildman–Crippen LogP) is 2.35. The smallest absolute Gasteiger partial charge is 0.222 e. The Morgan fingerprint density at radius 2 is 1.85 bits per heavy atom. The summed E-state index contributed by atoms with van der Waals surface area (Å²) < 4.78 is 5.87. The highest BCUT2D eigenvalue weighted by atomic mass is 16.5. The van der Waals surface area contributed by atoms with Crippen molar-refractivity contribution in [1.29, 1.82) is 0 Å². The van der Waals surface area contributed by atoms with E-state index in [1.807, 2.05) is 44.9 Å². The number of carbonyl (C=O) groups is 1. The Morgan fingerprint density at radius 1 is 1.19 bits per heavy atom. The van der Waals surface area contributed by atoms with Crippen LogP contribution in [-0.4, -0.2) is 56.6 Å². The Bertz CT molecular complexity index is 579. The molecule has 0 saturated carbocycles. The van der Waals surface area contributed by atoms with Gasteiger partial charge in [-0.05, 0) is 44.0 Å². The molecule has 0 aromatic heterocycles. The molecular formula is C20H34N4O2. The standard InChI is InChI=1S/C20H34N4O2/c1-7-21-20(23-9-8-22-19(25)15(2)3)24(6)10-11-26-18-13-16(4)12-17(5)14-18/h12-15H,7-11H2,1-6H3,(H,21,23)(H,22,25). The second kappa shape index (κ2) is 11.4. The molecule has 2 N–H and O–H groups in total. The van der Waals surface area contributed by atoms with Crippen LogP contribution in [-0.2, 0) is 4.79 Å². The fraction of sp³-hybridized carbons (Fsp3) is 0.600. The van der Waals surface area contributed by atoms with Crippen LogP contribution in [0.25, 0.3) is 0 Å². The van der Waals surface area contributed by atoms with Crippen molar-refractivity contribution in [2.24, 2.45) is 10.9 Å². The maximum Gasteiger partial charge on any atom is 0.222 e. The van der Waals surface area contributed by atoms with Crippen LogP contribution in [0, 0.1) is 19.8 Å². The summed E-state index contributed by atoms with van der Waals surface area (Å²) in [6, 6.07) is 6.22. The lowest BCUT2D eigenvalue weighted by atomic mass is 10.1. The molecule has 1 aromatic rings. The van der Waals surface area contributed by atoms with Crippen molar-refractivity contribution in [1.82, 2.24) is 15.5 Å². The minimum atomic E-state index is -0.00250. The van der Waals surface area contributed by atoms with Crippen LogP contribution in [0.3, 0.4) is 0 Å². The zero-order valence-electron chi connectivity index (χ0n) is 17.1. The van der Waals surface area contributed by atoms with Gasteiger partial charge in [-0.2, -0.15) is 0 Å². The van der Waals surface area contributed by atoms with E-state index in [1.165, 1.54) is 11.1 Å². The number of ether oxygens (including phenoxy) is 1. The molecule has 1 amide bonds. The van der Waals surface area contributed by atoms with Crippen molar-refractivity contribution >= 4 is 11.9 Å². The first-order valence-electron chi connectivity index (χ1n) is 9.31. The summed E-state index contributed by atoms with van der Waals surface area (Å²) in [4.78, 5) is 18.2. The zero-order valence-corrected chi connectivity index (χ0v) is 17.1. The maximum atomic E-state index is 11.6. The number of nitrogens with zero attached hydrogens (tertiary/aromatic N) is 2. The highest BCUT2D eigenvalue weighted by molar-refractivity contribution is 5.80. The number of rotatable bonds is 9. The first kappa shape index (κ1) is 21.8. The molecule has 0 aliphatic rings. The summed E-state index contributed by atoms with van der Waals surface area (Å²) in [7, 11) is 1.99. The summed E-state index contributed by atoms with van der Waals surface area (Å²) in [6.07, 6.45) is 0. The van der Waals surface area contributed by atoms with E-state index in [-0.39, 0.29) is 11.8 Å². The van der Waals surface area contributed by atoms with Crippen molar-refractivity contribution in [2.45, 2.75) is 34.6 Å². The van der Waals surface area contributed by atoms with Gasteiger partial charge < -0.3 is 20.3 Å². The number of carbonyl (C=O) groups excluding carboxylic acids is 1. The molecule has 146 valence electrons. The summed E-state index contributed by atoms with van der Waals surface area (Å²) in [6.45, 7) is 13.1. The number of benzene rings is 1. The third-order valence-corrected chi connectivity index (χ3v) is 3.78. The molecule has 26 heavy (non-hydrogen) atoms. The fourth-order valence-electron chi connectivity index (χ4n) is 2.44. The van der Waals surface area contributed by atoms with Crippen LogP contribution in [0.4, 0.5) is 0 Å². The Morgan fingerprint density at radius 3 is 2.42 bits per heavy atom. The van der Waals surface area contributed by atoms with Gasteiger partial charge in [0.05, 0.1) is 13.1 Å². The number of guanidine groups is 1. The molecule has 1 aromatic carbocycles. The third kappa shape index (κ3) is 8.23. The highest BCUT2D eigenvalue weighted by Gasteiger charge is 2.07. The molecule has 0 atom stereocenters. The summed E-state index contributed by atoms with van der Waals surface area (Å²) in [5.41, 5.74) is 2.40. The number of hydrogen-bond donors (Lipinski definition) is 2. The lowest BCUT2D eigenvalue weighted by Gasteiger charge is -2.22. The van der Waals surface area contributed by atoms with Crippen LogP contribution in [0.1, 0.15) is 31.9 Å². The zero-order chi connectivity index (χ0) is 19.5. The number of amides is 1. The van der Waals surface area contributed by atoms with Gasteiger partial charge in [0, 0.05) is 26.1 Å². The predicted molar refractivity (Wildman–Crippen MR) is 108 cm³/mol. The molecule has 0 unspecified atom stereocenters. The van der Waals surface area contributed by atoms with E-state index in [4.69, 9.17) is 4.74 Å². The molecule has 0 spiro atoms. The molecule has 0 saturated heterocycles. The molecule has 6 heteroatoms. The lowest BCUT2D eigenvalue weighted by Crippen LogP contribution is -2.41. The third-order valence-electron chi connectivity index (χ3n) is 3.78. The molecule has 0 heterocycles. The number of nitrogens with one attached hydrogen (secondary N) is 2. The van der Waals surface area contributed by atoms with Crippen molar-refractivity contribution < 1.29 is 9.53 Å². The van der Waals surface area contributed by atoms with Gasteiger partial charge in [0.2, 0.25) is 5.91 Å². The molecule has 0 aliphatic carbocycles. The van der Waals surface area contributed by atoms with Crippen molar-refractivity contribution in [3.05, 3.63) is 29.3 Å². The molecule has 0 bridgehead atoms. The molecule has 0 radical (unpaired) electrons. The van der Waals surface area contributed by atoms with Gasteiger partial charge in [0.1, 0.15) is 12.4 Å². The van der Waals surface area contributed by atoms with Gasteiger partial charge in [-0.3, -0.25) is 9.79 Å².